The molecule has 4 aromatic carbocycles. The molecule has 0 N–H and O–H groups in total. The summed E-state index contributed by atoms with van der Waals surface area (Å²) in [4.78, 5) is 14.3. The van der Waals surface area contributed by atoms with Gasteiger partial charge < -0.3 is 0 Å². The monoisotopic (exact) mass is 1090 g/mol. The van der Waals surface area contributed by atoms with Gasteiger partial charge in [0.05, 0.1) is 16.9 Å². The number of hydrogen-bond donors (Lipinski definition) is 0. The first-order valence-corrected chi connectivity index (χ1v) is 32.7. The van der Waals surface area contributed by atoms with E-state index in [1.54, 1.807) is 9.81 Å². The molecule has 0 aliphatic carbocycles. The third kappa shape index (κ3) is 8.87. The Morgan fingerprint density at radius 2 is 0.779 bits per heavy atom. The predicted octanol–water partition coefficient (Wildman–Crippen LogP) is 21.9. The molecule has 0 fully saturated rings. The van der Waals surface area contributed by atoms with Crippen molar-refractivity contribution in [2.45, 2.75) is 37.2 Å². The van der Waals surface area contributed by atoms with Gasteiger partial charge in [-0.1, -0.05) is 144 Å². The molecule has 0 nitrogen and oxygen atoms in total. The van der Waals surface area contributed by atoms with E-state index in [0.29, 0.717) is 0 Å². The number of hydrogen-bond acceptors (Lipinski definition) is 12. The maximum absolute atomic E-state index is 2.50. The Balaban J connectivity index is 0.833. The van der Waals surface area contributed by atoms with Crippen LogP contribution in [0.2, 0.25) is 0 Å². The zero-order chi connectivity index (χ0) is 45.0. The third-order valence-corrected chi connectivity index (χ3v) is 27.9. The highest BCUT2D eigenvalue weighted by Gasteiger charge is 2.32. The third-order valence-electron chi connectivity index (χ3n) is 12.3. The molecule has 0 atom stereocenters. The van der Waals surface area contributed by atoms with E-state index in [4.69, 9.17) is 0 Å². The Hall–Kier alpha value is -3.08. The van der Waals surface area contributed by atoms with Crippen molar-refractivity contribution in [3.8, 4) is 50.1 Å². The number of aryl methyl sites for hydroxylation is 2. The van der Waals surface area contributed by atoms with Gasteiger partial charge in [0.25, 0.3) is 0 Å². The Labute approximate surface area is 446 Å². The number of fused-ring (bicyclic) bond motifs is 7. The fourth-order valence-electron chi connectivity index (χ4n) is 9.14. The van der Waals surface area contributed by atoms with Crippen molar-refractivity contribution in [1.82, 2.24) is 0 Å². The van der Waals surface area contributed by atoms with E-state index in [0.717, 1.165) is 37.2 Å². The molecule has 12 heteroatoms. The first kappa shape index (κ1) is 44.8. The highest BCUT2D eigenvalue weighted by molar-refractivity contribution is 8.42. The molecule has 13 rings (SSSR count). The van der Waals surface area contributed by atoms with E-state index in [-0.39, 0.29) is 0 Å². The van der Waals surface area contributed by atoms with Gasteiger partial charge in [-0.05, 0) is 139 Å². The van der Waals surface area contributed by atoms with E-state index in [2.05, 4.69) is 179 Å². The average Bonchev–Trinajstić information content (AvgIpc) is 4.22. The van der Waals surface area contributed by atoms with Crippen LogP contribution in [-0.4, -0.2) is 0 Å². The van der Waals surface area contributed by atoms with Crippen LogP contribution < -0.4 is 0 Å². The molecular formula is C56H38S12. The van der Waals surface area contributed by atoms with Crippen LogP contribution in [0.1, 0.15) is 35.1 Å². The lowest BCUT2D eigenvalue weighted by Crippen LogP contribution is -1.97. The van der Waals surface area contributed by atoms with Crippen LogP contribution in [-0.2, 0) is 24.3 Å². The van der Waals surface area contributed by atoms with Gasteiger partial charge in [-0.15, -0.1) is 91.5 Å². The largest absolute Gasteiger partial charge is 0.143 e. The summed E-state index contributed by atoms with van der Waals surface area (Å²) in [6.07, 6.45) is 4.17. The van der Waals surface area contributed by atoms with Crippen molar-refractivity contribution in [2.75, 3.05) is 0 Å². The highest BCUT2D eigenvalue weighted by Crippen LogP contribution is 2.65. The average molecular weight is 1100 g/mol. The lowest BCUT2D eigenvalue weighted by atomic mass is 9.88. The van der Waals surface area contributed by atoms with E-state index in [1.807, 2.05) is 115 Å². The maximum atomic E-state index is 2.50. The van der Waals surface area contributed by atoms with Crippen molar-refractivity contribution in [3.63, 3.8) is 0 Å². The number of thioether (sulfide) groups is 6. The normalized spacial score (nSPS) is 15.2. The molecule has 68 heavy (non-hydrogen) atoms. The molecule has 0 radical (unpaired) electrons. The summed E-state index contributed by atoms with van der Waals surface area (Å²) < 4.78 is 5.85. The van der Waals surface area contributed by atoms with Crippen molar-refractivity contribution >= 4 is 160 Å². The molecule has 6 aromatic heterocycles. The summed E-state index contributed by atoms with van der Waals surface area (Å²) in [6.45, 7) is 0. The Kier molecular flexibility index (Phi) is 13.1. The quantitative estimate of drug-likeness (QED) is 0.133. The first-order valence-electron chi connectivity index (χ1n) is 22.3. The Morgan fingerprint density at radius 1 is 0.353 bits per heavy atom. The minimum atomic E-state index is 0.939. The fraction of sp³-hybridized carbons (Fsp3) is 0.107. The van der Waals surface area contributed by atoms with Gasteiger partial charge in [-0.25, -0.2) is 0 Å². The van der Waals surface area contributed by atoms with Crippen molar-refractivity contribution in [3.05, 3.63) is 204 Å². The molecule has 0 saturated carbocycles. The molecule has 0 saturated heterocycles. The van der Waals surface area contributed by atoms with E-state index >= 15 is 0 Å². The molecule has 0 unspecified atom stereocenters. The molecular weight excluding hydrogens is 1060 g/mol. The van der Waals surface area contributed by atoms with Crippen LogP contribution in [0, 0.1) is 0 Å². The highest BCUT2D eigenvalue weighted by atomic mass is 32.3. The Morgan fingerprint density at radius 3 is 1.22 bits per heavy atom. The molecule has 0 amide bonds. The zero-order valence-electron chi connectivity index (χ0n) is 36.2. The molecule has 3 aliphatic rings. The molecule has 0 bridgehead atoms. The smallest absolute Gasteiger partial charge is 0.0717 e. The minimum absolute atomic E-state index is 0.939. The number of rotatable bonds is 10. The molecule has 3 aliphatic heterocycles. The van der Waals surface area contributed by atoms with E-state index in [9.17, 15) is 0 Å². The second-order valence-corrected chi connectivity index (χ2v) is 29.6. The summed E-state index contributed by atoms with van der Waals surface area (Å²) in [5.74, 6) is 1.88. The standard InChI is InChI=1S/C56H38S12/c1-3-11-39-33(9-1)17-19-37-31-61-53-54(62-32-38-20-18-34-10-2-4-12-40(34)50(38)49(37)39)68-56(67-53)55-65-43(23-21-35-29-47(41-13-5-25-57-41)63-51(35)45-15-7-27-59-45)44(66-55)24-22-36-30-48(42-14-6-26-58-42)64-52(36)46-16-8-28-60-46/h1-20,25-30H,21-24,31-32H2. The molecule has 0 spiro atoms. The summed E-state index contributed by atoms with van der Waals surface area (Å²) in [5, 5.41) is 14.2. The fourth-order valence-corrected chi connectivity index (χ4v) is 23.9. The number of benzene rings is 4. The van der Waals surface area contributed by atoms with E-state index < -0.39 is 0 Å². The molecule has 9 heterocycles. The number of allylic oxidation sites excluding steroid dienone is 2. The zero-order valence-corrected chi connectivity index (χ0v) is 46.0. The van der Waals surface area contributed by atoms with Crippen LogP contribution in [0.25, 0.3) is 71.7 Å². The van der Waals surface area contributed by atoms with Gasteiger partial charge in [-0.3, -0.25) is 0 Å². The van der Waals surface area contributed by atoms with Crippen LogP contribution in [0.3, 0.4) is 0 Å². The lowest BCUT2D eigenvalue weighted by Gasteiger charge is -2.20. The molecule has 10 aromatic rings. The van der Waals surface area contributed by atoms with Crippen LogP contribution in [0.4, 0.5) is 0 Å². The minimum Gasteiger partial charge on any atom is -0.143 e. The van der Waals surface area contributed by atoms with Gasteiger partial charge >= 0.3 is 0 Å². The van der Waals surface area contributed by atoms with E-state index in [1.165, 1.54) is 111 Å². The van der Waals surface area contributed by atoms with Crippen molar-refractivity contribution in [2.24, 2.45) is 0 Å². The summed E-state index contributed by atoms with van der Waals surface area (Å²) in [6, 6.07) is 50.4. The summed E-state index contributed by atoms with van der Waals surface area (Å²) in [7, 11) is 0. The predicted molar refractivity (Wildman–Crippen MR) is 319 cm³/mol. The SMILES string of the molecule is c1csc(-c2cc(CCC3=C(CCc4cc(-c5cccs5)sc4-c4cccs4)SC(=C4SC5=C(SCc6ccc7ccccc7c6-c6c(ccc7ccccc67)CS5)S4)S3)c(-c3cccs3)s2)c1. The topological polar surface area (TPSA) is 0 Å². The van der Waals surface area contributed by atoms with Crippen molar-refractivity contribution < 1.29 is 0 Å². The van der Waals surface area contributed by atoms with Crippen molar-refractivity contribution in [1.29, 1.82) is 0 Å². The second-order valence-electron chi connectivity index (χ2n) is 16.5. The van der Waals surface area contributed by atoms with Gasteiger partial charge in [0.1, 0.15) is 0 Å². The summed E-state index contributed by atoms with van der Waals surface area (Å²) in [5.41, 5.74) is 8.62. The van der Waals surface area contributed by atoms with Crippen LogP contribution in [0.15, 0.2) is 182 Å². The van der Waals surface area contributed by atoms with Gasteiger partial charge in [0, 0.05) is 60.3 Å². The van der Waals surface area contributed by atoms with Gasteiger partial charge in [0.15, 0.2) is 0 Å². The Bertz CT molecular complexity index is 3330. The van der Waals surface area contributed by atoms with Gasteiger partial charge in [0.2, 0.25) is 0 Å². The van der Waals surface area contributed by atoms with Crippen LogP contribution in [0.5, 0.6) is 0 Å². The maximum Gasteiger partial charge on any atom is 0.0717 e. The second kappa shape index (κ2) is 19.8. The molecule has 334 valence electrons. The summed E-state index contributed by atoms with van der Waals surface area (Å²) >= 11 is 23.7. The van der Waals surface area contributed by atoms with Crippen LogP contribution >= 0.6 is 139 Å². The lowest BCUT2D eigenvalue weighted by molar-refractivity contribution is 0.950. The number of thiophene rings is 6. The first-order chi connectivity index (χ1) is 33.7. The van der Waals surface area contributed by atoms with Gasteiger partial charge in [-0.2, -0.15) is 0 Å².